The zero-order valence-corrected chi connectivity index (χ0v) is 12.8. The first kappa shape index (κ1) is 12.4. The van der Waals surface area contributed by atoms with E-state index < -0.39 is 0 Å². The summed E-state index contributed by atoms with van der Waals surface area (Å²) in [6.45, 7) is 4.40. The van der Waals surface area contributed by atoms with Crippen molar-refractivity contribution in [2.24, 2.45) is 0 Å². The number of halogens is 1. The predicted molar refractivity (Wildman–Crippen MR) is 81.4 cm³/mol. The molecule has 1 fully saturated rings. The lowest BCUT2D eigenvalue weighted by molar-refractivity contribution is 0.275. The topological polar surface area (TPSA) is 12.0 Å². The fraction of sp³-hybridized carbons (Fsp3) is 0.333. The van der Waals surface area contributed by atoms with E-state index in [-0.39, 0.29) is 0 Å². The smallest absolute Gasteiger partial charge is 0.0701 e. The largest absolute Gasteiger partial charge is 0.315 e. The molecule has 2 heterocycles. The summed E-state index contributed by atoms with van der Waals surface area (Å²) in [6, 6.07) is 13.2. The second kappa shape index (κ2) is 4.80. The SMILES string of the molecule is Cc1ccccc1C1(Cc2ccc(Br)s2)CNC1. The van der Waals surface area contributed by atoms with E-state index in [0.29, 0.717) is 5.41 Å². The summed E-state index contributed by atoms with van der Waals surface area (Å²) in [4.78, 5) is 1.46. The van der Waals surface area contributed by atoms with E-state index in [4.69, 9.17) is 0 Å². The van der Waals surface area contributed by atoms with Crippen LogP contribution in [-0.2, 0) is 11.8 Å². The quantitative estimate of drug-likeness (QED) is 0.904. The Labute approximate surface area is 120 Å². The minimum atomic E-state index is 0.301. The van der Waals surface area contributed by atoms with E-state index in [1.807, 2.05) is 11.3 Å². The molecular weight excluding hydrogens is 306 g/mol. The number of benzene rings is 1. The third-order valence-corrected chi connectivity index (χ3v) is 5.41. The molecule has 0 aliphatic carbocycles. The molecule has 94 valence electrons. The highest BCUT2D eigenvalue weighted by molar-refractivity contribution is 9.11. The number of hydrogen-bond donors (Lipinski definition) is 1. The van der Waals surface area contributed by atoms with Gasteiger partial charge in [0, 0.05) is 23.4 Å². The Hall–Kier alpha value is -0.640. The van der Waals surface area contributed by atoms with E-state index in [1.54, 1.807) is 0 Å². The van der Waals surface area contributed by atoms with Crippen molar-refractivity contribution in [1.82, 2.24) is 5.32 Å². The van der Waals surface area contributed by atoms with Gasteiger partial charge < -0.3 is 5.32 Å². The maximum Gasteiger partial charge on any atom is 0.0701 e. The molecule has 0 spiro atoms. The van der Waals surface area contributed by atoms with Crippen molar-refractivity contribution >= 4 is 27.3 Å². The van der Waals surface area contributed by atoms with Crippen LogP contribution in [0.4, 0.5) is 0 Å². The van der Waals surface area contributed by atoms with Crippen LogP contribution in [-0.4, -0.2) is 13.1 Å². The van der Waals surface area contributed by atoms with Crippen LogP contribution in [0, 0.1) is 6.92 Å². The average Bonchev–Trinajstić information content (AvgIpc) is 2.71. The van der Waals surface area contributed by atoms with Crippen LogP contribution in [0.3, 0.4) is 0 Å². The first-order valence-electron chi connectivity index (χ1n) is 6.21. The van der Waals surface area contributed by atoms with Crippen LogP contribution in [0.25, 0.3) is 0 Å². The predicted octanol–water partition coefficient (Wildman–Crippen LogP) is 3.90. The molecule has 0 radical (unpaired) electrons. The van der Waals surface area contributed by atoms with Gasteiger partial charge in [-0.3, -0.25) is 0 Å². The Morgan fingerprint density at radius 1 is 1.22 bits per heavy atom. The maximum absolute atomic E-state index is 3.55. The summed E-state index contributed by atoms with van der Waals surface area (Å²) in [7, 11) is 0. The minimum Gasteiger partial charge on any atom is -0.315 e. The van der Waals surface area contributed by atoms with E-state index >= 15 is 0 Å². The van der Waals surface area contributed by atoms with Gasteiger partial charge in [-0.25, -0.2) is 0 Å². The normalized spacial score (nSPS) is 17.4. The van der Waals surface area contributed by atoms with Crippen molar-refractivity contribution < 1.29 is 0 Å². The lowest BCUT2D eigenvalue weighted by Crippen LogP contribution is -2.58. The monoisotopic (exact) mass is 321 g/mol. The Balaban J connectivity index is 1.93. The van der Waals surface area contributed by atoms with Crippen molar-refractivity contribution in [3.8, 4) is 0 Å². The van der Waals surface area contributed by atoms with Gasteiger partial charge in [0.2, 0.25) is 0 Å². The third kappa shape index (κ3) is 2.15. The summed E-state index contributed by atoms with van der Waals surface area (Å²) in [6.07, 6.45) is 1.14. The van der Waals surface area contributed by atoms with Crippen LogP contribution in [0.2, 0.25) is 0 Å². The van der Waals surface area contributed by atoms with Crippen molar-refractivity contribution in [1.29, 1.82) is 0 Å². The maximum atomic E-state index is 3.55. The highest BCUT2D eigenvalue weighted by Gasteiger charge is 2.39. The average molecular weight is 322 g/mol. The molecule has 0 amide bonds. The standard InChI is InChI=1S/C15H16BrNS/c1-11-4-2-3-5-13(11)15(9-17-10-15)8-12-6-7-14(16)18-12/h2-7,17H,8-10H2,1H3. The second-order valence-corrected chi connectivity index (χ2v) is 7.63. The summed E-state index contributed by atoms with van der Waals surface area (Å²) in [5.74, 6) is 0. The molecule has 1 saturated heterocycles. The Morgan fingerprint density at radius 3 is 2.56 bits per heavy atom. The molecule has 1 N–H and O–H groups in total. The van der Waals surface area contributed by atoms with Gasteiger partial charge in [-0.2, -0.15) is 0 Å². The lowest BCUT2D eigenvalue weighted by Gasteiger charge is -2.44. The summed E-state index contributed by atoms with van der Waals surface area (Å²) in [5.41, 5.74) is 3.22. The fourth-order valence-electron chi connectivity index (χ4n) is 2.79. The molecule has 0 saturated carbocycles. The Bertz CT molecular complexity index is 557. The van der Waals surface area contributed by atoms with Crippen molar-refractivity contribution in [3.05, 3.63) is 56.2 Å². The molecule has 18 heavy (non-hydrogen) atoms. The summed E-state index contributed by atoms with van der Waals surface area (Å²) in [5, 5.41) is 3.45. The number of hydrogen-bond acceptors (Lipinski definition) is 2. The van der Waals surface area contributed by atoms with Crippen molar-refractivity contribution in [2.45, 2.75) is 18.8 Å². The van der Waals surface area contributed by atoms with Crippen LogP contribution in [0.15, 0.2) is 40.2 Å². The molecule has 2 aromatic rings. The fourth-order valence-corrected chi connectivity index (χ4v) is 4.41. The van der Waals surface area contributed by atoms with E-state index in [0.717, 1.165) is 19.5 Å². The van der Waals surface area contributed by atoms with Gasteiger partial charge in [-0.15, -0.1) is 11.3 Å². The molecule has 0 bridgehead atoms. The second-order valence-electron chi connectivity index (χ2n) is 5.08. The molecule has 3 heteroatoms. The van der Waals surface area contributed by atoms with Crippen molar-refractivity contribution in [3.63, 3.8) is 0 Å². The van der Waals surface area contributed by atoms with E-state index in [1.165, 1.54) is 19.8 Å². The number of aryl methyl sites for hydroxylation is 1. The van der Waals surface area contributed by atoms with Crippen LogP contribution in [0.5, 0.6) is 0 Å². The van der Waals surface area contributed by atoms with Gasteiger partial charge in [-0.1, -0.05) is 24.3 Å². The van der Waals surface area contributed by atoms with Crippen molar-refractivity contribution in [2.75, 3.05) is 13.1 Å². The highest BCUT2D eigenvalue weighted by atomic mass is 79.9. The molecule has 1 nitrogen and oxygen atoms in total. The van der Waals surface area contributed by atoms with Gasteiger partial charge in [0.25, 0.3) is 0 Å². The summed E-state index contributed by atoms with van der Waals surface area (Å²) < 4.78 is 1.23. The van der Waals surface area contributed by atoms with Gasteiger partial charge in [0.05, 0.1) is 3.79 Å². The van der Waals surface area contributed by atoms with Crippen LogP contribution >= 0.6 is 27.3 Å². The first-order valence-corrected chi connectivity index (χ1v) is 7.82. The molecule has 0 atom stereocenters. The van der Waals surface area contributed by atoms with Gasteiger partial charge in [0.15, 0.2) is 0 Å². The van der Waals surface area contributed by atoms with E-state index in [2.05, 4.69) is 64.6 Å². The van der Waals surface area contributed by atoms with E-state index in [9.17, 15) is 0 Å². The summed E-state index contributed by atoms with van der Waals surface area (Å²) >= 11 is 5.41. The van der Waals surface area contributed by atoms with Gasteiger partial charge in [0.1, 0.15) is 0 Å². The number of nitrogens with one attached hydrogen (secondary N) is 1. The molecule has 0 unspecified atom stereocenters. The third-order valence-electron chi connectivity index (χ3n) is 3.78. The molecule has 3 rings (SSSR count). The first-order chi connectivity index (χ1) is 8.70. The number of rotatable bonds is 3. The van der Waals surface area contributed by atoms with Crippen LogP contribution in [0.1, 0.15) is 16.0 Å². The zero-order chi connectivity index (χ0) is 12.6. The Kier molecular flexibility index (Phi) is 3.31. The molecule has 1 aliphatic heterocycles. The molecule has 1 aromatic heterocycles. The van der Waals surface area contributed by atoms with Gasteiger partial charge in [-0.05, 0) is 52.5 Å². The minimum absolute atomic E-state index is 0.301. The zero-order valence-electron chi connectivity index (χ0n) is 10.4. The molecule has 1 aromatic carbocycles. The number of thiophene rings is 1. The molecule has 1 aliphatic rings. The highest BCUT2D eigenvalue weighted by Crippen LogP contribution is 2.36. The molecular formula is C15H16BrNS. The van der Waals surface area contributed by atoms with Gasteiger partial charge >= 0.3 is 0 Å². The Morgan fingerprint density at radius 2 is 2.00 bits per heavy atom. The van der Waals surface area contributed by atoms with Crippen LogP contribution < -0.4 is 5.32 Å². The lowest BCUT2D eigenvalue weighted by atomic mass is 9.71.